The Bertz CT molecular complexity index is 1260. The Morgan fingerprint density at radius 2 is 2.03 bits per heavy atom. The zero-order valence-electron chi connectivity index (χ0n) is 22.8. The number of hydrogen-bond acceptors (Lipinski definition) is 6. The number of fused-ring (bicyclic) bond motifs is 1. The average Bonchev–Trinajstić information content (AvgIpc) is 2.95. The number of sulfonamides is 1. The normalized spacial score (nSPS) is 18.3. The summed E-state index contributed by atoms with van der Waals surface area (Å²) in [5.74, 6) is -0.917. The van der Waals surface area contributed by atoms with Crippen LogP contribution >= 0.6 is 0 Å². The molecular weight excluding hydrogens is 505 g/mol. The van der Waals surface area contributed by atoms with Gasteiger partial charge in [-0.15, -0.1) is 0 Å². The molecule has 38 heavy (non-hydrogen) atoms. The molecule has 3 N–H and O–H groups in total. The number of nitrogens with one attached hydrogen (secondary N) is 1. The summed E-state index contributed by atoms with van der Waals surface area (Å²) in [6.07, 6.45) is 3.79. The third kappa shape index (κ3) is 7.57. The maximum absolute atomic E-state index is 14.0. The van der Waals surface area contributed by atoms with Crippen molar-refractivity contribution in [3.05, 3.63) is 76.4 Å². The van der Waals surface area contributed by atoms with Crippen molar-refractivity contribution in [1.82, 2.24) is 9.62 Å². The molecule has 1 heterocycles. The molecule has 3 rings (SSSR count). The highest BCUT2D eigenvalue weighted by molar-refractivity contribution is 7.89. The number of esters is 1. The van der Waals surface area contributed by atoms with Crippen LogP contribution in [0.1, 0.15) is 68.2 Å². The van der Waals surface area contributed by atoms with E-state index >= 15 is 0 Å². The predicted molar refractivity (Wildman–Crippen MR) is 147 cm³/mol. The van der Waals surface area contributed by atoms with Gasteiger partial charge in [-0.3, -0.25) is 4.79 Å². The largest absolute Gasteiger partial charge is 0.466 e. The number of benzene rings is 2. The molecule has 9 heteroatoms. The second kappa shape index (κ2) is 13.2. The van der Waals surface area contributed by atoms with Crippen LogP contribution in [0.15, 0.2) is 53.2 Å². The number of ether oxygens (including phenoxy) is 1. The van der Waals surface area contributed by atoms with Crippen LogP contribution in [0.3, 0.4) is 0 Å². The van der Waals surface area contributed by atoms with Crippen molar-refractivity contribution < 1.29 is 22.3 Å². The van der Waals surface area contributed by atoms with Crippen molar-refractivity contribution in [3.63, 3.8) is 0 Å². The Hall–Kier alpha value is -2.91. The summed E-state index contributed by atoms with van der Waals surface area (Å²) in [5.41, 5.74) is 10.2. The molecule has 0 saturated heterocycles. The van der Waals surface area contributed by atoms with Gasteiger partial charge in [0.25, 0.3) is 0 Å². The Morgan fingerprint density at radius 3 is 2.74 bits per heavy atom. The molecule has 0 bridgehead atoms. The van der Waals surface area contributed by atoms with E-state index in [1.165, 1.54) is 10.4 Å². The Labute approximate surface area is 226 Å². The monoisotopic (exact) mass is 545 g/mol. The first-order chi connectivity index (χ1) is 18.0. The van der Waals surface area contributed by atoms with E-state index in [0.717, 1.165) is 29.3 Å². The first kappa shape index (κ1) is 29.6. The first-order valence-electron chi connectivity index (χ1n) is 13.3. The van der Waals surface area contributed by atoms with Crippen molar-refractivity contribution in [3.8, 4) is 0 Å². The van der Waals surface area contributed by atoms with Crippen LogP contribution in [-0.2, 0) is 32.5 Å². The molecule has 0 fully saturated rings. The predicted octanol–water partition coefficient (Wildman–Crippen LogP) is 4.74. The number of halogens is 1. The summed E-state index contributed by atoms with van der Waals surface area (Å²) >= 11 is 0. The summed E-state index contributed by atoms with van der Waals surface area (Å²) in [6.45, 7) is 9.28. The summed E-state index contributed by atoms with van der Waals surface area (Å²) < 4.78 is 47.9. The number of nitrogens with two attached hydrogens (primary N) is 1. The van der Waals surface area contributed by atoms with Crippen LogP contribution in [0.25, 0.3) is 0 Å². The molecule has 2 unspecified atom stereocenters. The van der Waals surface area contributed by atoms with Crippen molar-refractivity contribution in [2.75, 3.05) is 19.7 Å². The lowest BCUT2D eigenvalue weighted by atomic mass is 9.88. The van der Waals surface area contributed by atoms with Crippen LogP contribution < -0.4 is 11.1 Å². The van der Waals surface area contributed by atoms with Gasteiger partial charge in [0.1, 0.15) is 5.82 Å². The molecule has 0 aromatic heterocycles. The van der Waals surface area contributed by atoms with Crippen LogP contribution in [0.4, 0.5) is 4.39 Å². The summed E-state index contributed by atoms with van der Waals surface area (Å²) in [6, 6.07) is 9.94. The minimum Gasteiger partial charge on any atom is -0.466 e. The highest BCUT2D eigenvalue weighted by Gasteiger charge is 2.33. The van der Waals surface area contributed by atoms with Crippen LogP contribution in [0, 0.1) is 18.7 Å². The van der Waals surface area contributed by atoms with Crippen molar-refractivity contribution >= 4 is 16.0 Å². The zero-order valence-corrected chi connectivity index (χ0v) is 23.6. The fourth-order valence-electron chi connectivity index (χ4n) is 4.87. The van der Waals surface area contributed by atoms with Gasteiger partial charge in [0.05, 0.1) is 17.9 Å². The van der Waals surface area contributed by atoms with Gasteiger partial charge in [-0.05, 0) is 86.3 Å². The number of rotatable bonds is 11. The van der Waals surface area contributed by atoms with Gasteiger partial charge in [-0.1, -0.05) is 31.2 Å². The van der Waals surface area contributed by atoms with Gasteiger partial charge in [0, 0.05) is 31.5 Å². The molecule has 0 saturated carbocycles. The summed E-state index contributed by atoms with van der Waals surface area (Å²) in [4.78, 5) is 12.5. The van der Waals surface area contributed by atoms with Crippen molar-refractivity contribution in [2.24, 2.45) is 11.7 Å². The molecule has 0 amide bonds. The lowest BCUT2D eigenvalue weighted by Crippen LogP contribution is -2.33. The van der Waals surface area contributed by atoms with Crippen molar-refractivity contribution in [1.29, 1.82) is 0 Å². The van der Waals surface area contributed by atoms with E-state index in [-0.39, 0.29) is 35.7 Å². The van der Waals surface area contributed by atoms with E-state index in [2.05, 4.69) is 5.32 Å². The van der Waals surface area contributed by atoms with E-state index in [4.69, 9.17) is 10.5 Å². The van der Waals surface area contributed by atoms with Crippen LogP contribution in [-0.4, -0.2) is 38.4 Å². The Morgan fingerprint density at radius 1 is 1.26 bits per heavy atom. The molecule has 2 atom stereocenters. The molecule has 1 aliphatic heterocycles. The van der Waals surface area contributed by atoms with E-state index in [1.807, 2.05) is 39.0 Å². The SMILES string of the molecule is CCN/C=C(\N)CCC(CC(=O)OCC)c1ccc(C)c(CN2CC(C)Cc3ccc(F)cc3S2(=O)=O)c1. The third-order valence-electron chi connectivity index (χ3n) is 6.91. The fraction of sp³-hybridized carbons (Fsp3) is 0.483. The summed E-state index contributed by atoms with van der Waals surface area (Å²) in [5, 5.41) is 3.10. The lowest BCUT2D eigenvalue weighted by molar-refractivity contribution is -0.143. The minimum absolute atomic E-state index is 0.0406. The Balaban J connectivity index is 1.92. The van der Waals surface area contributed by atoms with E-state index in [0.29, 0.717) is 43.7 Å². The van der Waals surface area contributed by atoms with Gasteiger partial charge < -0.3 is 15.8 Å². The quantitative estimate of drug-likeness (QED) is 0.396. The molecule has 0 spiro atoms. The summed E-state index contributed by atoms with van der Waals surface area (Å²) in [7, 11) is -3.89. The standard InChI is InChI=1S/C29H40FN3O4S/c1-5-32-17-27(31)12-10-23(15-29(34)37-6-2)22-8-7-21(4)25(14-22)19-33-18-20(3)13-24-9-11-26(30)16-28(24)38(33,35)36/h7-9,11,14,16-17,20,23,32H,5-6,10,12-13,15,18-19,31H2,1-4H3/b27-17-. The van der Waals surface area contributed by atoms with Gasteiger partial charge in [-0.25, -0.2) is 12.8 Å². The highest BCUT2D eigenvalue weighted by Crippen LogP contribution is 2.32. The number of hydrogen-bond donors (Lipinski definition) is 2. The molecule has 0 radical (unpaired) electrons. The van der Waals surface area contributed by atoms with E-state index in [9.17, 15) is 17.6 Å². The van der Waals surface area contributed by atoms with Gasteiger partial charge in [0.15, 0.2) is 0 Å². The number of carbonyl (C=O) groups excluding carboxylic acids is 1. The minimum atomic E-state index is -3.89. The molecule has 208 valence electrons. The molecule has 2 aromatic rings. The Kier molecular flexibility index (Phi) is 10.3. The van der Waals surface area contributed by atoms with Crippen LogP contribution in [0.2, 0.25) is 0 Å². The zero-order chi connectivity index (χ0) is 27.9. The van der Waals surface area contributed by atoms with E-state index < -0.39 is 15.8 Å². The van der Waals surface area contributed by atoms with Gasteiger partial charge in [-0.2, -0.15) is 4.31 Å². The third-order valence-corrected chi connectivity index (χ3v) is 8.81. The van der Waals surface area contributed by atoms with Gasteiger partial charge >= 0.3 is 5.97 Å². The number of carbonyl (C=O) groups is 1. The maximum Gasteiger partial charge on any atom is 0.306 e. The lowest BCUT2D eigenvalue weighted by Gasteiger charge is -2.24. The van der Waals surface area contributed by atoms with E-state index in [1.54, 1.807) is 19.2 Å². The van der Waals surface area contributed by atoms with Gasteiger partial charge in [0.2, 0.25) is 10.0 Å². The smallest absolute Gasteiger partial charge is 0.306 e. The molecule has 2 aromatic carbocycles. The first-order valence-corrected chi connectivity index (χ1v) is 14.7. The highest BCUT2D eigenvalue weighted by atomic mass is 32.2. The fourth-order valence-corrected chi connectivity index (χ4v) is 6.65. The van der Waals surface area contributed by atoms with Crippen molar-refractivity contribution in [2.45, 2.75) is 70.7 Å². The number of nitrogens with zero attached hydrogens (tertiary/aromatic N) is 1. The second-order valence-electron chi connectivity index (χ2n) is 10.1. The average molecular weight is 546 g/mol. The second-order valence-corrected chi connectivity index (χ2v) is 12.0. The maximum atomic E-state index is 14.0. The molecule has 1 aliphatic rings. The topological polar surface area (TPSA) is 102 Å². The molecular formula is C29H40FN3O4S. The number of aryl methyl sites for hydroxylation is 1. The number of allylic oxidation sites excluding steroid dienone is 1. The molecule has 0 aliphatic carbocycles. The molecule has 7 nitrogen and oxygen atoms in total. The van der Waals surface area contributed by atoms with Crippen LogP contribution in [0.5, 0.6) is 0 Å².